The SMILES string of the molecule is O=C(Cn1ccc2cnc(-c3c[nH]c4ncc(F)cc34)nc21)N[C@@H](Cc1ccccc1)C(=O)O. The highest BCUT2D eigenvalue weighted by Gasteiger charge is 2.21. The van der Waals surface area contributed by atoms with Crippen molar-refractivity contribution in [3.05, 3.63) is 78.6 Å². The Hall–Kier alpha value is -4.60. The molecule has 5 rings (SSSR count). The van der Waals surface area contributed by atoms with Crippen molar-refractivity contribution in [1.29, 1.82) is 0 Å². The molecule has 4 aromatic heterocycles. The normalized spacial score (nSPS) is 12.1. The Morgan fingerprint density at radius 2 is 1.97 bits per heavy atom. The lowest BCUT2D eigenvalue weighted by Crippen LogP contribution is -2.43. The van der Waals surface area contributed by atoms with Crippen LogP contribution in [0.4, 0.5) is 4.39 Å². The molecule has 5 aromatic rings. The number of aliphatic carboxylic acids is 1. The molecule has 0 aliphatic carbocycles. The monoisotopic (exact) mass is 458 g/mol. The number of carboxylic acids is 1. The number of carbonyl (C=O) groups excluding carboxylic acids is 1. The molecule has 1 aromatic carbocycles. The molecule has 0 spiro atoms. The van der Waals surface area contributed by atoms with Crippen molar-refractivity contribution < 1.29 is 19.1 Å². The molecule has 4 heterocycles. The summed E-state index contributed by atoms with van der Waals surface area (Å²) in [5, 5.41) is 13.4. The lowest BCUT2D eigenvalue weighted by atomic mass is 10.1. The van der Waals surface area contributed by atoms with Crippen molar-refractivity contribution in [3.8, 4) is 11.4 Å². The van der Waals surface area contributed by atoms with Crippen LogP contribution in [-0.2, 0) is 22.6 Å². The first-order valence-electron chi connectivity index (χ1n) is 10.5. The van der Waals surface area contributed by atoms with E-state index < -0.39 is 23.7 Å². The number of hydrogen-bond donors (Lipinski definition) is 3. The number of benzene rings is 1. The van der Waals surface area contributed by atoms with E-state index in [-0.39, 0.29) is 13.0 Å². The summed E-state index contributed by atoms with van der Waals surface area (Å²) < 4.78 is 15.3. The highest BCUT2D eigenvalue weighted by molar-refractivity contribution is 5.92. The van der Waals surface area contributed by atoms with Gasteiger partial charge in [0.1, 0.15) is 29.7 Å². The molecule has 0 fully saturated rings. The van der Waals surface area contributed by atoms with Crippen LogP contribution in [0, 0.1) is 5.82 Å². The number of carbonyl (C=O) groups is 2. The molecule has 0 bridgehead atoms. The molecule has 0 saturated carbocycles. The molecule has 34 heavy (non-hydrogen) atoms. The third-order valence-electron chi connectivity index (χ3n) is 5.47. The zero-order chi connectivity index (χ0) is 23.7. The second-order valence-electron chi connectivity index (χ2n) is 7.82. The summed E-state index contributed by atoms with van der Waals surface area (Å²) >= 11 is 0. The van der Waals surface area contributed by atoms with E-state index in [1.54, 1.807) is 29.2 Å². The van der Waals surface area contributed by atoms with E-state index in [4.69, 9.17) is 0 Å². The topological polar surface area (TPSA) is 126 Å². The molecule has 0 radical (unpaired) electrons. The molecule has 0 saturated heterocycles. The summed E-state index contributed by atoms with van der Waals surface area (Å²) in [6.07, 6.45) is 6.25. The van der Waals surface area contributed by atoms with Gasteiger partial charge in [0, 0.05) is 41.3 Å². The molecule has 0 aliphatic rings. The quantitative estimate of drug-likeness (QED) is 0.344. The van der Waals surface area contributed by atoms with Gasteiger partial charge >= 0.3 is 5.97 Å². The number of fused-ring (bicyclic) bond motifs is 2. The third kappa shape index (κ3) is 4.20. The van der Waals surface area contributed by atoms with Crippen molar-refractivity contribution in [1.82, 2.24) is 29.8 Å². The standard InChI is InChI=1S/C24H19FN6O3/c25-16-9-17-18(12-28-21(17)27-11-16)22-26-10-15-6-7-31(23(15)30-22)13-20(32)29-19(24(33)34)8-14-4-2-1-3-5-14/h1-7,9-12,19H,8,13H2,(H,27,28)(H,29,32)(H,33,34)/t19-/m0/s1. The molecular formula is C24H19FN6O3. The number of aromatic nitrogens is 5. The Kier molecular flexibility index (Phi) is 5.46. The van der Waals surface area contributed by atoms with E-state index in [1.807, 2.05) is 30.3 Å². The van der Waals surface area contributed by atoms with Gasteiger partial charge in [0.05, 0.1) is 6.20 Å². The van der Waals surface area contributed by atoms with Gasteiger partial charge in [-0.25, -0.2) is 24.1 Å². The number of amides is 1. The van der Waals surface area contributed by atoms with E-state index in [0.29, 0.717) is 33.5 Å². The zero-order valence-electron chi connectivity index (χ0n) is 17.8. The highest BCUT2D eigenvalue weighted by atomic mass is 19.1. The molecule has 1 atom stereocenters. The second-order valence-corrected chi connectivity index (χ2v) is 7.82. The number of rotatable bonds is 7. The summed E-state index contributed by atoms with van der Waals surface area (Å²) in [7, 11) is 0. The number of nitrogens with zero attached hydrogens (tertiary/aromatic N) is 4. The molecule has 3 N–H and O–H groups in total. The van der Waals surface area contributed by atoms with Gasteiger partial charge in [-0.15, -0.1) is 0 Å². The van der Waals surface area contributed by atoms with Crippen molar-refractivity contribution in [2.24, 2.45) is 0 Å². The summed E-state index contributed by atoms with van der Waals surface area (Å²) in [6.45, 7) is -0.122. The van der Waals surface area contributed by atoms with E-state index in [1.165, 1.54) is 6.07 Å². The maximum absolute atomic E-state index is 13.7. The van der Waals surface area contributed by atoms with Gasteiger partial charge in [-0.1, -0.05) is 30.3 Å². The zero-order valence-corrected chi connectivity index (χ0v) is 17.8. The molecule has 0 aliphatic heterocycles. The average Bonchev–Trinajstić information content (AvgIpc) is 3.42. The number of carboxylic acid groups (broad SMARTS) is 1. The van der Waals surface area contributed by atoms with Crippen LogP contribution in [0.3, 0.4) is 0 Å². The number of halogens is 1. The smallest absolute Gasteiger partial charge is 0.326 e. The van der Waals surface area contributed by atoms with Crippen molar-refractivity contribution >= 4 is 33.9 Å². The van der Waals surface area contributed by atoms with Gasteiger partial charge in [-0.3, -0.25) is 4.79 Å². The van der Waals surface area contributed by atoms with Crippen LogP contribution in [-0.4, -0.2) is 47.5 Å². The minimum absolute atomic E-state index is 0.122. The number of nitrogens with one attached hydrogen (secondary N) is 2. The molecular weight excluding hydrogens is 439 g/mol. The number of H-pyrrole nitrogens is 1. The van der Waals surface area contributed by atoms with Gasteiger partial charge < -0.3 is 20.0 Å². The van der Waals surface area contributed by atoms with Crippen LogP contribution in [0.1, 0.15) is 5.56 Å². The van der Waals surface area contributed by atoms with Crippen LogP contribution >= 0.6 is 0 Å². The van der Waals surface area contributed by atoms with Crippen LogP contribution in [0.5, 0.6) is 0 Å². The van der Waals surface area contributed by atoms with Crippen LogP contribution in [0.2, 0.25) is 0 Å². The summed E-state index contributed by atoms with van der Waals surface area (Å²) in [6, 6.07) is 11.2. The first-order chi connectivity index (χ1) is 16.5. The number of hydrogen-bond acceptors (Lipinski definition) is 5. The van der Waals surface area contributed by atoms with Gasteiger partial charge in [-0.2, -0.15) is 0 Å². The van der Waals surface area contributed by atoms with Crippen molar-refractivity contribution in [2.75, 3.05) is 0 Å². The van der Waals surface area contributed by atoms with E-state index >= 15 is 0 Å². The average molecular weight is 458 g/mol. The van der Waals surface area contributed by atoms with E-state index in [9.17, 15) is 19.1 Å². The Balaban J connectivity index is 1.39. The van der Waals surface area contributed by atoms with Gasteiger partial charge in [0.2, 0.25) is 5.91 Å². The lowest BCUT2D eigenvalue weighted by molar-refractivity contribution is -0.141. The first kappa shape index (κ1) is 21.3. The van der Waals surface area contributed by atoms with E-state index in [0.717, 1.165) is 11.8 Å². The Bertz CT molecular complexity index is 1510. The van der Waals surface area contributed by atoms with Crippen molar-refractivity contribution in [2.45, 2.75) is 19.0 Å². The maximum atomic E-state index is 13.7. The van der Waals surface area contributed by atoms with Crippen molar-refractivity contribution in [3.63, 3.8) is 0 Å². The fraction of sp³-hybridized carbons (Fsp3) is 0.125. The summed E-state index contributed by atoms with van der Waals surface area (Å²) in [5.74, 6) is -1.70. The largest absolute Gasteiger partial charge is 0.480 e. The molecule has 170 valence electrons. The predicted octanol–water partition coefficient (Wildman–Crippen LogP) is 2.93. The number of pyridine rings is 1. The summed E-state index contributed by atoms with van der Waals surface area (Å²) in [4.78, 5) is 40.3. The second kappa shape index (κ2) is 8.74. The molecule has 10 heteroatoms. The van der Waals surface area contributed by atoms with Crippen LogP contribution in [0.15, 0.2) is 67.3 Å². The van der Waals surface area contributed by atoms with Gasteiger partial charge in [0.25, 0.3) is 0 Å². The van der Waals surface area contributed by atoms with Crippen LogP contribution < -0.4 is 5.32 Å². The molecule has 1 amide bonds. The molecule has 0 unspecified atom stereocenters. The highest BCUT2D eigenvalue weighted by Crippen LogP contribution is 2.26. The van der Waals surface area contributed by atoms with Gasteiger partial charge in [-0.05, 0) is 17.7 Å². The Morgan fingerprint density at radius 3 is 2.76 bits per heavy atom. The predicted molar refractivity (Wildman–Crippen MR) is 122 cm³/mol. The Morgan fingerprint density at radius 1 is 1.15 bits per heavy atom. The third-order valence-corrected chi connectivity index (χ3v) is 5.47. The Labute approximate surface area is 192 Å². The maximum Gasteiger partial charge on any atom is 0.326 e. The lowest BCUT2D eigenvalue weighted by Gasteiger charge is -2.15. The van der Waals surface area contributed by atoms with E-state index in [2.05, 4.69) is 25.3 Å². The first-order valence-corrected chi connectivity index (χ1v) is 10.5. The summed E-state index contributed by atoms with van der Waals surface area (Å²) in [5.41, 5.74) is 2.39. The van der Waals surface area contributed by atoms with Crippen LogP contribution in [0.25, 0.3) is 33.5 Å². The number of aromatic amines is 1. The minimum atomic E-state index is -1.11. The minimum Gasteiger partial charge on any atom is -0.480 e. The van der Waals surface area contributed by atoms with Gasteiger partial charge in [0.15, 0.2) is 5.82 Å². The fourth-order valence-electron chi connectivity index (χ4n) is 3.84. The molecule has 9 nitrogen and oxygen atoms in total. The fourth-order valence-corrected chi connectivity index (χ4v) is 3.84.